The second-order valence-corrected chi connectivity index (χ2v) is 8.87. The van der Waals surface area contributed by atoms with Crippen LogP contribution in [0.1, 0.15) is 64.7 Å². The summed E-state index contributed by atoms with van der Waals surface area (Å²) < 4.78 is 29.5. The Morgan fingerprint density at radius 3 is 1.89 bits per heavy atom. The molecule has 0 aliphatic rings. The maximum absolute atomic E-state index is 10.5. The Morgan fingerprint density at radius 2 is 1.33 bits per heavy atom. The van der Waals surface area contributed by atoms with Crippen molar-refractivity contribution in [3.05, 3.63) is 0 Å². The molecule has 18 heavy (non-hydrogen) atoms. The van der Waals surface area contributed by atoms with Gasteiger partial charge in [-0.15, -0.1) is 0 Å². The standard InChI is InChI=1S/C13H28O3SSe/c1-2-3-4-5-6-7-8-9-12-18-13-10-11-17(14,15)16/h2-13H2,1H3,(H,14,15,16). The fourth-order valence-electron chi connectivity index (χ4n) is 1.78. The van der Waals surface area contributed by atoms with Crippen molar-refractivity contribution in [2.75, 3.05) is 5.75 Å². The van der Waals surface area contributed by atoms with Crippen LogP contribution in [0.3, 0.4) is 0 Å². The Balaban J connectivity index is 3.03. The summed E-state index contributed by atoms with van der Waals surface area (Å²) in [7, 11) is -3.73. The van der Waals surface area contributed by atoms with Crippen LogP contribution in [0.4, 0.5) is 0 Å². The molecule has 0 bridgehead atoms. The van der Waals surface area contributed by atoms with Crippen LogP contribution in [-0.4, -0.2) is 33.7 Å². The van der Waals surface area contributed by atoms with E-state index in [1.165, 1.54) is 56.7 Å². The van der Waals surface area contributed by atoms with E-state index < -0.39 is 10.1 Å². The number of unbranched alkanes of at least 4 members (excludes halogenated alkanes) is 7. The number of rotatable bonds is 13. The molecule has 0 aliphatic carbocycles. The fraction of sp³-hybridized carbons (Fsp3) is 1.00. The third-order valence-corrected chi connectivity index (χ3v) is 6.06. The molecule has 5 heteroatoms. The third-order valence-electron chi connectivity index (χ3n) is 2.83. The molecule has 0 aromatic carbocycles. The van der Waals surface area contributed by atoms with Gasteiger partial charge in [-0.3, -0.25) is 0 Å². The number of hydrogen-bond donors (Lipinski definition) is 1. The van der Waals surface area contributed by atoms with Crippen LogP contribution in [0.15, 0.2) is 0 Å². The van der Waals surface area contributed by atoms with Gasteiger partial charge in [0.05, 0.1) is 0 Å². The van der Waals surface area contributed by atoms with Crippen molar-refractivity contribution in [3.8, 4) is 0 Å². The number of hydrogen-bond acceptors (Lipinski definition) is 2. The van der Waals surface area contributed by atoms with E-state index in [9.17, 15) is 8.42 Å². The monoisotopic (exact) mass is 344 g/mol. The van der Waals surface area contributed by atoms with E-state index in [0.29, 0.717) is 21.4 Å². The Bertz CT molecular complexity index is 265. The molecule has 0 aromatic heterocycles. The second-order valence-electron chi connectivity index (χ2n) is 4.73. The molecule has 0 saturated carbocycles. The quantitative estimate of drug-likeness (QED) is 0.313. The van der Waals surface area contributed by atoms with E-state index in [4.69, 9.17) is 4.55 Å². The average molecular weight is 343 g/mol. The summed E-state index contributed by atoms with van der Waals surface area (Å²) in [5, 5.41) is 2.23. The summed E-state index contributed by atoms with van der Waals surface area (Å²) in [6, 6.07) is 0. The molecular weight excluding hydrogens is 315 g/mol. The first-order chi connectivity index (χ1) is 8.56. The topological polar surface area (TPSA) is 54.4 Å². The van der Waals surface area contributed by atoms with E-state index in [0.717, 1.165) is 5.32 Å². The Hall–Kier alpha value is 0.429. The first kappa shape index (κ1) is 18.4. The molecule has 3 nitrogen and oxygen atoms in total. The van der Waals surface area contributed by atoms with Crippen LogP contribution in [0.2, 0.25) is 10.6 Å². The van der Waals surface area contributed by atoms with E-state index in [2.05, 4.69) is 6.92 Å². The summed E-state index contributed by atoms with van der Waals surface area (Å²) >= 11 is 0.562. The minimum absolute atomic E-state index is 0.0633. The van der Waals surface area contributed by atoms with Crippen molar-refractivity contribution >= 4 is 25.1 Å². The molecule has 0 unspecified atom stereocenters. The van der Waals surface area contributed by atoms with Gasteiger partial charge in [-0.05, 0) is 0 Å². The molecule has 0 rings (SSSR count). The van der Waals surface area contributed by atoms with Crippen LogP contribution in [0.25, 0.3) is 0 Å². The van der Waals surface area contributed by atoms with Gasteiger partial charge in [0, 0.05) is 0 Å². The zero-order valence-electron chi connectivity index (χ0n) is 11.6. The van der Waals surface area contributed by atoms with Crippen LogP contribution < -0.4 is 0 Å². The maximum atomic E-state index is 10.5. The summed E-state index contributed by atoms with van der Waals surface area (Å²) in [6.45, 7) is 2.24. The van der Waals surface area contributed by atoms with Crippen molar-refractivity contribution in [2.45, 2.75) is 75.3 Å². The summed E-state index contributed by atoms with van der Waals surface area (Å²) in [4.78, 5) is 0. The normalized spacial score (nSPS) is 11.9. The molecule has 0 atom stereocenters. The van der Waals surface area contributed by atoms with Gasteiger partial charge in [0.1, 0.15) is 0 Å². The van der Waals surface area contributed by atoms with Gasteiger partial charge < -0.3 is 0 Å². The Kier molecular flexibility index (Phi) is 12.8. The fourth-order valence-corrected chi connectivity index (χ4v) is 4.72. The molecule has 0 aromatic rings. The predicted octanol–water partition coefficient (Wildman–Crippen LogP) is 3.95. The van der Waals surface area contributed by atoms with Crippen molar-refractivity contribution in [2.24, 2.45) is 0 Å². The molecule has 110 valence electrons. The second kappa shape index (κ2) is 12.5. The molecular formula is C13H28O3SSe. The van der Waals surface area contributed by atoms with Crippen LogP contribution in [0, 0.1) is 0 Å². The van der Waals surface area contributed by atoms with Crippen LogP contribution in [-0.2, 0) is 10.1 Å². The molecule has 0 heterocycles. The molecule has 0 radical (unpaired) electrons. The Morgan fingerprint density at radius 1 is 0.833 bits per heavy atom. The minimum atomic E-state index is -3.73. The predicted molar refractivity (Wildman–Crippen MR) is 79.0 cm³/mol. The molecule has 1 N–H and O–H groups in total. The molecule has 0 amide bonds. The molecule has 0 spiro atoms. The van der Waals surface area contributed by atoms with Gasteiger partial charge in [-0.2, -0.15) is 0 Å². The van der Waals surface area contributed by atoms with Gasteiger partial charge in [0.25, 0.3) is 0 Å². The van der Waals surface area contributed by atoms with E-state index in [1.807, 2.05) is 0 Å². The van der Waals surface area contributed by atoms with E-state index >= 15 is 0 Å². The third kappa shape index (κ3) is 16.4. The SMILES string of the molecule is CCCCCCCCCC[Se]CCCS(=O)(=O)O. The Labute approximate surface area is 119 Å². The van der Waals surface area contributed by atoms with Crippen molar-refractivity contribution < 1.29 is 13.0 Å². The summed E-state index contributed by atoms with van der Waals surface area (Å²) in [5.74, 6) is -0.0633. The molecule has 0 aliphatic heterocycles. The summed E-state index contributed by atoms with van der Waals surface area (Å²) in [6.07, 6.45) is 11.4. The van der Waals surface area contributed by atoms with E-state index in [-0.39, 0.29) is 5.75 Å². The molecule has 0 fully saturated rings. The van der Waals surface area contributed by atoms with Gasteiger partial charge in [0.15, 0.2) is 0 Å². The van der Waals surface area contributed by atoms with Gasteiger partial charge in [-0.1, -0.05) is 0 Å². The average Bonchev–Trinajstić information content (AvgIpc) is 2.29. The van der Waals surface area contributed by atoms with Crippen molar-refractivity contribution in [1.29, 1.82) is 0 Å². The zero-order chi connectivity index (χ0) is 13.7. The van der Waals surface area contributed by atoms with Crippen LogP contribution in [0.5, 0.6) is 0 Å². The van der Waals surface area contributed by atoms with Crippen LogP contribution >= 0.6 is 0 Å². The first-order valence-corrected chi connectivity index (χ1v) is 11.1. The van der Waals surface area contributed by atoms with Gasteiger partial charge in [-0.25, -0.2) is 0 Å². The molecule has 0 saturated heterocycles. The summed E-state index contributed by atoms with van der Waals surface area (Å²) in [5.41, 5.74) is 0. The van der Waals surface area contributed by atoms with Gasteiger partial charge >= 0.3 is 119 Å². The first-order valence-electron chi connectivity index (χ1n) is 7.09. The van der Waals surface area contributed by atoms with Crippen molar-refractivity contribution in [3.63, 3.8) is 0 Å². The van der Waals surface area contributed by atoms with Gasteiger partial charge in [0.2, 0.25) is 0 Å². The zero-order valence-corrected chi connectivity index (χ0v) is 14.1. The van der Waals surface area contributed by atoms with E-state index in [1.54, 1.807) is 0 Å². The van der Waals surface area contributed by atoms with Crippen molar-refractivity contribution in [1.82, 2.24) is 0 Å².